The molecule has 0 saturated heterocycles. The van der Waals surface area contributed by atoms with Crippen molar-refractivity contribution in [1.29, 1.82) is 0 Å². The van der Waals surface area contributed by atoms with E-state index in [0.29, 0.717) is 11.5 Å². The first-order valence-electron chi connectivity index (χ1n) is 6.54. The molecule has 0 fully saturated rings. The van der Waals surface area contributed by atoms with E-state index in [1.54, 1.807) is 20.3 Å². The Morgan fingerprint density at radius 2 is 1.60 bits per heavy atom. The molecule has 0 aliphatic rings. The van der Waals surface area contributed by atoms with E-state index in [4.69, 9.17) is 9.47 Å². The van der Waals surface area contributed by atoms with E-state index in [0.717, 1.165) is 16.7 Å². The highest BCUT2D eigenvalue weighted by Crippen LogP contribution is 2.34. The third kappa shape index (κ3) is 2.78. The summed E-state index contributed by atoms with van der Waals surface area (Å²) in [5.41, 5.74) is 3.87. The van der Waals surface area contributed by atoms with Gasteiger partial charge in [0.15, 0.2) is 0 Å². The molecule has 0 spiro atoms. The first-order chi connectivity index (χ1) is 9.56. The smallest absolute Gasteiger partial charge is 0.128 e. The second-order valence-electron chi connectivity index (χ2n) is 4.87. The van der Waals surface area contributed by atoms with Gasteiger partial charge in [0.2, 0.25) is 0 Å². The van der Waals surface area contributed by atoms with Gasteiger partial charge in [-0.05, 0) is 37.1 Å². The van der Waals surface area contributed by atoms with Gasteiger partial charge in [-0.25, -0.2) is 0 Å². The van der Waals surface area contributed by atoms with Crippen LogP contribution in [0.1, 0.15) is 28.4 Å². The van der Waals surface area contributed by atoms with Crippen molar-refractivity contribution in [2.24, 2.45) is 0 Å². The molecular weight excluding hydrogens is 252 g/mol. The summed E-state index contributed by atoms with van der Waals surface area (Å²) in [4.78, 5) is 0. The Bertz CT molecular complexity index is 605. The minimum absolute atomic E-state index is 0.622. The Labute approximate surface area is 119 Å². The van der Waals surface area contributed by atoms with E-state index in [2.05, 4.69) is 6.07 Å². The molecule has 3 nitrogen and oxygen atoms in total. The van der Waals surface area contributed by atoms with Gasteiger partial charge in [-0.2, -0.15) is 0 Å². The summed E-state index contributed by atoms with van der Waals surface area (Å²) in [5.74, 6) is 1.33. The van der Waals surface area contributed by atoms with Crippen molar-refractivity contribution in [2.75, 3.05) is 14.2 Å². The third-order valence-electron chi connectivity index (χ3n) is 3.46. The second-order valence-corrected chi connectivity index (χ2v) is 4.87. The standard InChI is InChI=1S/C17H20O3/c1-11-5-7-14(12(2)9-11)17(18)15-8-6-13(19-3)10-16(15)20-4/h5-10,17-18H,1-4H3. The van der Waals surface area contributed by atoms with Gasteiger partial charge in [0.25, 0.3) is 0 Å². The Kier molecular flexibility index (Phi) is 4.30. The Morgan fingerprint density at radius 1 is 0.900 bits per heavy atom. The van der Waals surface area contributed by atoms with Crippen LogP contribution in [0.25, 0.3) is 0 Å². The number of rotatable bonds is 4. The summed E-state index contributed by atoms with van der Waals surface area (Å²) in [6.45, 7) is 4.04. The molecule has 0 aliphatic heterocycles. The predicted octanol–water partition coefficient (Wildman–Crippen LogP) is 3.40. The van der Waals surface area contributed by atoms with Gasteiger partial charge >= 0.3 is 0 Å². The number of aliphatic hydroxyl groups excluding tert-OH is 1. The maximum atomic E-state index is 10.6. The molecular formula is C17H20O3. The Morgan fingerprint density at radius 3 is 2.20 bits per heavy atom. The Balaban J connectivity index is 2.44. The number of ether oxygens (including phenoxy) is 2. The van der Waals surface area contributed by atoms with Crippen molar-refractivity contribution in [3.05, 3.63) is 58.7 Å². The number of methoxy groups -OCH3 is 2. The quantitative estimate of drug-likeness (QED) is 0.927. The van der Waals surface area contributed by atoms with Crippen LogP contribution in [-0.2, 0) is 0 Å². The van der Waals surface area contributed by atoms with Crippen LogP contribution in [0.5, 0.6) is 11.5 Å². The average molecular weight is 272 g/mol. The number of aliphatic hydroxyl groups is 1. The number of aryl methyl sites for hydroxylation is 2. The SMILES string of the molecule is COc1ccc(C(O)c2ccc(C)cc2C)c(OC)c1. The summed E-state index contributed by atoms with van der Waals surface area (Å²) in [7, 11) is 3.20. The van der Waals surface area contributed by atoms with E-state index in [1.165, 1.54) is 5.56 Å². The van der Waals surface area contributed by atoms with E-state index in [9.17, 15) is 5.11 Å². The van der Waals surface area contributed by atoms with Crippen LogP contribution >= 0.6 is 0 Å². The summed E-state index contributed by atoms with van der Waals surface area (Å²) in [6, 6.07) is 11.5. The molecule has 0 amide bonds. The van der Waals surface area contributed by atoms with Crippen molar-refractivity contribution in [2.45, 2.75) is 20.0 Å². The van der Waals surface area contributed by atoms with Crippen LogP contribution in [-0.4, -0.2) is 19.3 Å². The van der Waals surface area contributed by atoms with Crippen molar-refractivity contribution in [3.63, 3.8) is 0 Å². The number of hydrogen-bond acceptors (Lipinski definition) is 3. The first kappa shape index (κ1) is 14.4. The largest absolute Gasteiger partial charge is 0.497 e. The molecule has 0 radical (unpaired) electrons. The summed E-state index contributed by atoms with van der Waals surface area (Å²) in [5, 5.41) is 10.6. The van der Waals surface area contributed by atoms with Crippen molar-refractivity contribution in [1.82, 2.24) is 0 Å². The summed E-state index contributed by atoms with van der Waals surface area (Å²) >= 11 is 0. The van der Waals surface area contributed by atoms with Crippen molar-refractivity contribution in [3.8, 4) is 11.5 Å². The fourth-order valence-corrected chi connectivity index (χ4v) is 2.34. The Hall–Kier alpha value is -2.00. The minimum atomic E-state index is -0.712. The molecule has 2 aromatic carbocycles. The first-order valence-corrected chi connectivity index (χ1v) is 6.54. The highest BCUT2D eigenvalue weighted by molar-refractivity contribution is 5.46. The average Bonchev–Trinajstić information content (AvgIpc) is 2.46. The molecule has 1 atom stereocenters. The molecule has 1 unspecified atom stereocenters. The van der Waals surface area contributed by atoms with Gasteiger partial charge in [0.1, 0.15) is 17.6 Å². The molecule has 1 N–H and O–H groups in total. The van der Waals surface area contributed by atoms with Crippen LogP contribution in [0.15, 0.2) is 36.4 Å². The molecule has 0 bridgehead atoms. The van der Waals surface area contributed by atoms with Crippen molar-refractivity contribution >= 4 is 0 Å². The van der Waals surface area contributed by atoms with E-state index in [1.807, 2.05) is 38.1 Å². The number of hydrogen-bond donors (Lipinski definition) is 1. The van der Waals surface area contributed by atoms with Gasteiger partial charge in [-0.15, -0.1) is 0 Å². The minimum Gasteiger partial charge on any atom is -0.497 e. The molecule has 0 aromatic heterocycles. The van der Waals surface area contributed by atoms with Crippen molar-refractivity contribution < 1.29 is 14.6 Å². The third-order valence-corrected chi connectivity index (χ3v) is 3.46. The zero-order valence-corrected chi connectivity index (χ0v) is 12.3. The maximum Gasteiger partial charge on any atom is 0.128 e. The van der Waals surface area contributed by atoms with Crippen LogP contribution < -0.4 is 9.47 Å². The number of benzene rings is 2. The van der Waals surface area contributed by atoms with Crippen LogP contribution in [0.3, 0.4) is 0 Å². The molecule has 0 heterocycles. The summed E-state index contributed by atoms with van der Waals surface area (Å²) < 4.78 is 10.5. The fourth-order valence-electron chi connectivity index (χ4n) is 2.34. The monoisotopic (exact) mass is 272 g/mol. The highest BCUT2D eigenvalue weighted by atomic mass is 16.5. The zero-order chi connectivity index (χ0) is 14.7. The van der Waals surface area contributed by atoms with Gasteiger partial charge in [0, 0.05) is 11.6 Å². The molecule has 20 heavy (non-hydrogen) atoms. The molecule has 0 saturated carbocycles. The van der Waals surface area contributed by atoms with Crippen LogP contribution in [0, 0.1) is 13.8 Å². The van der Waals surface area contributed by atoms with E-state index < -0.39 is 6.10 Å². The predicted molar refractivity (Wildman–Crippen MR) is 79.5 cm³/mol. The lowest BCUT2D eigenvalue weighted by molar-refractivity contribution is 0.213. The molecule has 3 heteroatoms. The lowest BCUT2D eigenvalue weighted by Gasteiger charge is -2.18. The van der Waals surface area contributed by atoms with Gasteiger partial charge < -0.3 is 14.6 Å². The van der Waals surface area contributed by atoms with E-state index >= 15 is 0 Å². The van der Waals surface area contributed by atoms with Crippen LogP contribution in [0.4, 0.5) is 0 Å². The zero-order valence-electron chi connectivity index (χ0n) is 12.3. The van der Waals surface area contributed by atoms with E-state index in [-0.39, 0.29) is 0 Å². The summed E-state index contributed by atoms with van der Waals surface area (Å²) in [6.07, 6.45) is -0.712. The topological polar surface area (TPSA) is 38.7 Å². The molecule has 2 rings (SSSR count). The second kappa shape index (κ2) is 5.97. The lowest BCUT2D eigenvalue weighted by Crippen LogP contribution is -2.04. The van der Waals surface area contributed by atoms with Gasteiger partial charge in [-0.3, -0.25) is 0 Å². The normalized spacial score (nSPS) is 12.1. The fraction of sp³-hybridized carbons (Fsp3) is 0.294. The lowest BCUT2D eigenvalue weighted by atomic mass is 9.95. The van der Waals surface area contributed by atoms with Gasteiger partial charge in [0.05, 0.1) is 14.2 Å². The molecule has 0 aliphatic carbocycles. The highest BCUT2D eigenvalue weighted by Gasteiger charge is 2.17. The molecule has 106 valence electrons. The van der Waals surface area contributed by atoms with Crippen LogP contribution in [0.2, 0.25) is 0 Å². The maximum absolute atomic E-state index is 10.6. The van der Waals surface area contributed by atoms with Gasteiger partial charge in [-0.1, -0.05) is 23.8 Å². The molecule has 2 aromatic rings.